The molecule has 0 atom stereocenters. The molecular formula is C5H7FO3S. The molecule has 1 rings (SSSR count). The van der Waals surface area contributed by atoms with Crippen LogP contribution < -0.4 is 0 Å². The Kier molecular flexibility index (Phi) is 2.05. The SMILES string of the molecule is O=S1(=O)C=C(F)CCCO1. The molecule has 0 aliphatic carbocycles. The van der Waals surface area contributed by atoms with Crippen LogP contribution >= 0.6 is 0 Å². The van der Waals surface area contributed by atoms with Crippen LogP contribution in [0.4, 0.5) is 4.39 Å². The number of rotatable bonds is 0. The van der Waals surface area contributed by atoms with Crippen molar-refractivity contribution in [3.8, 4) is 0 Å². The first kappa shape index (κ1) is 7.68. The molecule has 1 aliphatic heterocycles. The molecule has 0 saturated heterocycles. The minimum atomic E-state index is -3.71. The normalized spacial score (nSPS) is 25.1. The highest BCUT2D eigenvalue weighted by Crippen LogP contribution is 2.14. The van der Waals surface area contributed by atoms with Crippen molar-refractivity contribution in [1.29, 1.82) is 0 Å². The van der Waals surface area contributed by atoms with Gasteiger partial charge in [0.15, 0.2) is 0 Å². The summed E-state index contributed by atoms with van der Waals surface area (Å²) in [5, 5.41) is 0.528. The van der Waals surface area contributed by atoms with Gasteiger partial charge in [-0.15, -0.1) is 0 Å². The summed E-state index contributed by atoms with van der Waals surface area (Å²) in [6.45, 7) is 0.0756. The summed E-state index contributed by atoms with van der Waals surface area (Å²) in [5.41, 5.74) is 0. The molecule has 0 radical (unpaired) electrons. The summed E-state index contributed by atoms with van der Waals surface area (Å²) < 4.78 is 37.7. The van der Waals surface area contributed by atoms with Crippen molar-refractivity contribution in [3.05, 3.63) is 11.2 Å². The average Bonchev–Trinajstić information content (AvgIpc) is 1.90. The third-order valence-electron chi connectivity index (χ3n) is 1.08. The minimum Gasteiger partial charge on any atom is -0.267 e. The van der Waals surface area contributed by atoms with Crippen LogP contribution in [0.15, 0.2) is 11.2 Å². The zero-order chi connectivity index (χ0) is 7.61. The Bertz CT molecular complexity index is 242. The number of hydrogen-bond acceptors (Lipinski definition) is 3. The van der Waals surface area contributed by atoms with Crippen molar-refractivity contribution < 1.29 is 17.0 Å². The van der Waals surface area contributed by atoms with E-state index < -0.39 is 15.9 Å². The average molecular weight is 166 g/mol. The zero-order valence-electron chi connectivity index (χ0n) is 5.21. The van der Waals surface area contributed by atoms with Gasteiger partial charge in [-0.1, -0.05) is 0 Å². The van der Waals surface area contributed by atoms with Gasteiger partial charge in [0.05, 0.1) is 12.0 Å². The molecule has 0 aromatic rings. The van der Waals surface area contributed by atoms with Crippen LogP contribution in [0.1, 0.15) is 12.8 Å². The van der Waals surface area contributed by atoms with E-state index >= 15 is 0 Å². The van der Waals surface area contributed by atoms with E-state index in [2.05, 4.69) is 4.18 Å². The van der Waals surface area contributed by atoms with Crippen LogP contribution in [-0.2, 0) is 14.3 Å². The van der Waals surface area contributed by atoms with Crippen LogP contribution in [0, 0.1) is 0 Å². The summed E-state index contributed by atoms with van der Waals surface area (Å²) >= 11 is 0. The van der Waals surface area contributed by atoms with Gasteiger partial charge in [0.2, 0.25) is 0 Å². The summed E-state index contributed by atoms with van der Waals surface area (Å²) in [6, 6.07) is 0. The van der Waals surface area contributed by atoms with Gasteiger partial charge in [-0.05, 0) is 6.42 Å². The fourth-order valence-corrected chi connectivity index (χ4v) is 1.51. The van der Waals surface area contributed by atoms with Gasteiger partial charge >= 0.3 is 0 Å². The number of hydrogen-bond donors (Lipinski definition) is 0. The Morgan fingerprint density at radius 2 is 2.30 bits per heavy atom. The first-order valence-electron chi connectivity index (χ1n) is 2.86. The van der Waals surface area contributed by atoms with E-state index in [0.717, 1.165) is 0 Å². The van der Waals surface area contributed by atoms with E-state index in [-0.39, 0.29) is 13.0 Å². The fourth-order valence-electron chi connectivity index (χ4n) is 0.666. The third kappa shape index (κ3) is 2.07. The third-order valence-corrected chi connectivity index (χ3v) is 2.12. The van der Waals surface area contributed by atoms with Crippen LogP contribution in [0.25, 0.3) is 0 Å². The molecule has 0 amide bonds. The van der Waals surface area contributed by atoms with Gasteiger partial charge in [-0.2, -0.15) is 8.42 Å². The second-order valence-corrected chi connectivity index (χ2v) is 3.44. The molecule has 0 saturated carbocycles. The Morgan fingerprint density at radius 1 is 1.60 bits per heavy atom. The molecular weight excluding hydrogens is 159 g/mol. The predicted molar refractivity (Wildman–Crippen MR) is 33.3 cm³/mol. The first-order chi connectivity index (χ1) is 4.60. The van der Waals surface area contributed by atoms with Crippen LogP contribution in [0.5, 0.6) is 0 Å². The molecule has 1 aliphatic rings. The van der Waals surface area contributed by atoms with Crippen LogP contribution in [0.3, 0.4) is 0 Å². The molecule has 0 unspecified atom stereocenters. The van der Waals surface area contributed by atoms with Crippen molar-refractivity contribution in [3.63, 3.8) is 0 Å². The standard InChI is InChI=1S/C5H7FO3S/c6-5-2-1-3-9-10(7,8)4-5/h4H,1-3H2. The topological polar surface area (TPSA) is 43.4 Å². The van der Waals surface area contributed by atoms with E-state index in [1.54, 1.807) is 0 Å². The van der Waals surface area contributed by atoms with Crippen molar-refractivity contribution in [1.82, 2.24) is 0 Å². The van der Waals surface area contributed by atoms with Crippen molar-refractivity contribution in [2.24, 2.45) is 0 Å². The Hall–Kier alpha value is -0.420. The van der Waals surface area contributed by atoms with E-state index in [4.69, 9.17) is 0 Å². The van der Waals surface area contributed by atoms with E-state index in [1.165, 1.54) is 0 Å². The van der Waals surface area contributed by atoms with E-state index in [9.17, 15) is 12.8 Å². The highest BCUT2D eigenvalue weighted by Gasteiger charge is 2.13. The molecule has 0 aromatic carbocycles. The van der Waals surface area contributed by atoms with Crippen molar-refractivity contribution in [2.45, 2.75) is 12.8 Å². The maximum absolute atomic E-state index is 12.3. The molecule has 0 N–H and O–H groups in total. The molecule has 0 fully saturated rings. The largest absolute Gasteiger partial charge is 0.292 e. The summed E-state index contributed by atoms with van der Waals surface area (Å²) in [5.74, 6) is -0.627. The summed E-state index contributed by atoms with van der Waals surface area (Å²) in [6.07, 6.45) is 0.570. The van der Waals surface area contributed by atoms with Crippen LogP contribution in [0.2, 0.25) is 0 Å². The zero-order valence-corrected chi connectivity index (χ0v) is 6.03. The van der Waals surface area contributed by atoms with Crippen molar-refractivity contribution >= 4 is 10.1 Å². The molecule has 58 valence electrons. The summed E-state index contributed by atoms with van der Waals surface area (Å²) in [4.78, 5) is 0. The fraction of sp³-hybridized carbons (Fsp3) is 0.600. The Balaban J connectivity index is 2.88. The second kappa shape index (κ2) is 2.67. The second-order valence-electron chi connectivity index (χ2n) is 1.98. The monoisotopic (exact) mass is 166 g/mol. The predicted octanol–water partition coefficient (Wildman–Crippen LogP) is 0.938. The summed E-state index contributed by atoms with van der Waals surface area (Å²) in [7, 11) is -3.71. The maximum Gasteiger partial charge on any atom is 0.292 e. The number of halogens is 1. The Labute approximate surface area is 58.6 Å². The van der Waals surface area contributed by atoms with Gasteiger partial charge in [0, 0.05) is 6.42 Å². The van der Waals surface area contributed by atoms with Gasteiger partial charge in [-0.25, -0.2) is 4.39 Å². The highest BCUT2D eigenvalue weighted by molar-refractivity contribution is 7.89. The highest BCUT2D eigenvalue weighted by atomic mass is 32.2. The lowest BCUT2D eigenvalue weighted by molar-refractivity contribution is 0.320. The van der Waals surface area contributed by atoms with Gasteiger partial charge in [0.25, 0.3) is 10.1 Å². The molecule has 3 nitrogen and oxygen atoms in total. The Morgan fingerprint density at radius 3 is 3.00 bits per heavy atom. The number of allylic oxidation sites excluding steroid dienone is 1. The molecule has 1 heterocycles. The molecule has 5 heteroatoms. The lowest BCUT2D eigenvalue weighted by Gasteiger charge is -1.93. The van der Waals surface area contributed by atoms with Gasteiger partial charge in [0.1, 0.15) is 5.83 Å². The maximum atomic E-state index is 12.3. The van der Waals surface area contributed by atoms with E-state index in [1.807, 2.05) is 0 Å². The van der Waals surface area contributed by atoms with Gasteiger partial charge in [-0.3, -0.25) is 4.18 Å². The lowest BCUT2D eigenvalue weighted by Crippen LogP contribution is -2.00. The minimum absolute atomic E-state index is 0.0756. The lowest BCUT2D eigenvalue weighted by atomic mass is 10.3. The van der Waals surface area contributed by atoms with Crippen molar-refractivity contribution in [2.75, 3.05) is 6.61 Å². The van der Waals surface area contributed by atoms with Gasteiger partial charge < -0.3 is 0 Å². The molecule has 0 spiro atoms. The van der Waals surface area contributed by atoms with E-state index in [0.29, 0.717) is 11.8 Å². The smallest absolute Gasteiger partial charge is 0.267 e. The molecule has 0 aromatic heterocycles. The quantitative estimate of drug-likeness (QED) is 0.503. The molecule has 0 bridgehead atoms. The van der Waals surface area contributed by atoms with Crippen LogP contribution in [-0.4, -0.2) is 15.0 Å². The molecule has 10 heavy (non-hydrogen) atoms. The first-order valence-corrected chi connectivity index (χ1v) is 4.33.